The molecule has 0 saturated heterocycles. The predicted octanol–water partition coefficient (Wildman–Crippen LogP) is 3.43. The summed E-state index contributed by atoms with van der Waals surface area (Å²) < 4.78 is 15.8. The third-order valence-corrected chi connectivity index (χ3v) is 4.88. The average molecular weight is 467 g/mol. The normalized spacial score (nSPS) is 13.8. The van der Waals surface area contributed by atoms with Gasteiger partial charge < -0.3 is 15.3 Å². The summed E-state index contributed by atoms with van der Waals surface area (Å²) in [6.45, 7) is 0.374. The van der Waals surface area contributed by atoms with Crippen molar-refractivity contribution in [1.82, 2.24) is 9.71 Å². The van der Waals surface area contributed by atoms with Crippen LogP contribution >= 0.6 is 22.6 Å². The maximum Gasteiger partial charge on any atom is 0.287 e. The molecular weight excluding hydrogens is 452 g/mol. The highest BCUT2D eigenvalue weighted by molar-refractivity contribution is 14.1. The third-order valence-electron chi connectivity index (χ3n) is 4.21. The van der Waals surface area contributed by atoms with E-state index in [-0.39, 0.29) is 11.6 Å². The topological polar surface area (TPSA) is 76.4 Å². The fourth-order valence-electron chi connectivity index (χ4n) is 2.65. The zero-order valence-corrected chi connectivity index (χ0v) is 15.7. The smallest absolute Gasteiger partial charge is 0.287 e. The number of fused-ring (bicyclic) bond motifs is 1. The van der Waals surface area contributed by atoms with Crippen molar-refractivity contribution >= 4 is 44.7 Å². The highest BCUT2D eigenvalue weighted by Crippen LogP contribution is 2.33. The molecule has 0 aliphatic heterocycles. The van der Waals surface area contributed by atoms with Crippen LogP contribution in [0, 0.1) is 15.3 Å². The number of benzene rings is 1. The van der Waals surface area contributed by atoms with E-state index in [9.17, 15) is 14.3 Å². The second-order valence-electron chi connectivity index (χ2n) is 6.24. The minimum absolute atomic E-state index is 0.246. The van der Waals surface area contributed by atoms with Crippen LogP contribution in [0.1, 0.15) is 12.8 Å². The molecule has 1 saturated carbocycles. The molecule has 134 valence electrons. The average Bonchev–Trinajstić information content (AvgIpc) is 3.41. The number of aromatic hydroxyl groups is 1. The third kappa shape index (κ3) is 3.33. The molecule has 1 aromatic carbocycles. The van der Waals surface area contributed by atoms with Crippen LogP contribution in [0.15, 0.2) is 41.5 Å². The Morgan fingerprint density at radius 1 is 1.31 bits per heavy atom. The maximum absolute atomic E-state index is 14.2. The lowest BCUT2D eigenvalue weighted by molar-refractivity contribution is 0.0769. The fourth-order valence-corrected chi connectivity index (χ4v) is 3.11. The molecule has 0 amide bonds. The number of aromatic nitrogens is 2. The number of anilines is 2. The largest absolute Gasteiger partial charge is 0.492 e. The molecular formula is C18H15FIN3O3. The molecule has 26 heavy (non-hydrogen) atoms. The van der Waals surface area contributed by atoms with E-state index < -0.39 is 11.4 Å². The summed E-state index contributed by atoms with van der Waals surface area (Å²) in [5, 5.41) is 14.3. The quantitative estimate of drug-likeness (QED) is 0.563. The number of halogens is 2. The van der Waals surface area contributed by atoms with Gasteiger partial charge in [0.25, 0.3) is 5.56 Å². The van der Waals surface area contributed by atoms with E-state index in [0.29, 0.717) is 29.0 Å². The Labute approximate surface area is 161 Å². The van der Waals surface area contributed by atoms with Crippen LogP contribution in [0.25, 0.3) is 10.8 Å². The lowest BCUT2D eigenvalue weighted by atomic mass is 10.2. The van der Waals surface area contributed by atoms with Crippen molar-refractivity contribution in [2.45, 2.75) is 12.8 Å². The van der Waals surface area contributed by atoms with Gasteiger partial charge in [0.05, 0.1) is 23.0 Å². The Morgan fingerprint density at radius 3 is 2.85 bits per heavy atom. The van der Waals surface area contributed by atoms with Crippen molar-refractivity contribution in [3.63, 3.8) is 0 Å². The van der Waals surface area contributed by atoms with Gasteiger partial charge in [0.2, 0.25) is 5.88 Å². The molecule has 2 N–H and O–H groups in total. The SMILES string of the molecule is O=c1cc2cncc(Nc3ccc(I)cc3F)c2c(O)n1OCC1CC1. The lowest BCUT2D eigenvalue weighted by Gasteiger charge is -2.15. The fraction of sp³-hybridized carbons (Fsp3) is 0.222. The molecule has 1 aliphatic carbocycles. The summed E-state index contributed by atoms with van der Waals surface area (Å²) in [7, 11) is 0. The summed E-state index contributed by atoms with van der Waals surface area (Å²) in [5.74, 6) is -0.330. The number of pyridine rings is 2. The number of hydrogen-bond acceptors (Lipinski definition) is 5. The molecule has 2 aromatic heterocycles. The van der Waals surface area contributed by atoms with Crippen LogP contribution < -0.4 is 15.7 Å². The van der Waals surface area contributed by atoms with Gasteiger partial charge in [0.15, 0.2) is 0 Å². The molecule has 0 spiro atoms. The molecule has 0 unspecified atom stereocenters. The number of hydrogen-bond donors (Lipinski definition) is 2. The van der Waals surface area contributed by atoms with Crippen LogP contribution in [0.4, 0.5) is 15.8 Å². The Bertz CT molecular complexity index is 1050. The summed E-state index contributed by atoms with van der Waals surface area (Å²) >= 11 is 2.03. The zero-order chi connectivity index (χ0) is 18.3. The summed E-state index contributed by atoms with van der Waals surface area (Å²) in [6.07, 6.45) is 5.06. The van der Waals surface area contributed by atoms with Crippen molar-refractivity contribution in [3.8, 4) is 5.88 Å². The Kier molecular flexibility index (Phi) is 4.43. The summed E-state index contributed by atoms with van der Waals surface area (Å²) in [6, 6.07) is 6.10. The first-order valence-electron chi connectivity index (χ1n) is 8.11. The van der Waals surface area contributed by atoms with Crippen molar-refractivity contribution in [2.75, 3.05) is 11.9 Å². The van der Waals surface area contributed by atoms with E-state index in [1.807, 2.05) is 22.6 Å². The Balaban J connectivity index is 1.78. The predicted molar refractivity (Wildman–Crippen MR) is 104 cm³/mol. The van der Waals surface area contributed by atoms with E-state index in [0.717, 1.165) is 21.1 Å². The van der Waals surface area contributed by atoms with Gasteiger partial charge in [0.1, 0.15) is 12.4 Å². The van der Waals surface area contributed by atoms with Crippen molar-refractivity contribution in [3.05, 3.63) is 56.4 Å². The Hall–Kier alpha value is -2.36. The standard InChI is InChI=1S/C18H15FIN3O3/c19-13-6-12(20)3-4-14(13)22-15-8-21-7-11-5-16(24)23(18(25)17(11)15)26-9-10-1-2-10/h3-8,10,22,25H,1-2,9H2. The second-order valence-corrected chi connectivity index (χ2v) is 7.49. The molecule has 0 radical (unpaired) electrons. The van der Waals surface area contributed by atoms with Gasteiger partial charge in [-0.25, -0.2) is 4.39 Å². The number of nitrogens with one attached hydrogen (secondary N) is 1. The molecule has 1 fully saturated rings. The van der Waals surface area contributed by atoms with E-state index in [1.54, 1.807) is 12.1 Å². The zero-order valence-electron chi connectivity index (χ0n) is 13.6. The molecule has 8 heteroatoms. The van der Waals surface area contributed by atoms with Crippen LogP contribution in [0.3, 0.4) is 0 Å². The highest BCUT2D eigenvalue weighted by atomic mass is 127. The van der Waals surface area contributed by atoms with Crippen molar-refractivity contribution in [1.29, 1.82) is 0 Å². The first-order chi connectivity index (χ1) is 12.5. The molecule has 4 rings (SSSR count). The minimum atomic E-state index is -0.477. The lowest BCUT2D eigenvalue weighted by Crippen LogP contribution is -2.27. The van der Waals surface area contributed by atoms with Crippen LogP contribution in [-0.4, -0.2) is 21.4 Å². The molecule has 2 heterocycles. The molecule has 1 aliphatic rings. The Morgan fingerprint density at radius 2 is 2.12 bits per heavy atom. The van der Waals surface area contributed by atoms with Crippen LogP contribution in [0.2, 0.25) is 0 Å². The summed E-state index contributed by atoms with van der Waals surface area (Å²) in [4.78, 5) is 21.8. The first kappa shape index (κ1) is 17.1. The molecule has 0 atom stereocenters. The van der Waals surface area contributed by atoms with Crippen molar-refractivity contribution < 1.29 is 14.3 Å². The minimum Gasteiger partial charge on any atom is -0.492 e. The van der Waals surface area contributed by atoms with E-state index in [2.05, 4.69) is 10.3 Å². The van der Waals surface area contributed by atoms with Gasteiger partial charge >= 0.3 is 0 Å². The van der Waals surface area contributed by atoms with Gasteiger partial charge in [-0.1, -0.05) is 0 Å². The van der Waals surface area contributed by atoms with Gasteiger partial charge in [-0.2, -0.15) is 0 Å². The highest BCUT2D eigenvalue weighted by Gasteiger charge is 2.23. The van der Waals surface area contributed by atoms with Gasteiger partial charge in [-0.15, -0.1) is 4.73 Å². The van der Waals surface area contributed by atoms with Gasteiger partial charge in [-0.3, -0.25) is 9.78 Å². The monoisotopic (exact) mass is 467 g/mol. The molecule has 3 aromatic rings. The van der Waals surface area contributed by atoms with E-state index in [4.69, 9.17) is 4.84 Å². The number of nitrogens with zero attached hydrogens (tertiary/aromatic N) is 2. The number of rotatable bonds is 5. The molecule has 6 nitrogen and oxygen atoms in total. The van der Waals surface area contributed by atoms with Gasteiger partial charge in [0, 0.05) is 21.2 Å². The van der Waals surface area contributed by atoms with Crippen molar-refractivity contribution in [2.24, 2.45) is 5.92 Å². The van der Waals surface area contributed by atoms with Crippen LogP contribution in [0.5, 0.6) is 5.88 Å². The van der Waals surface area contributed by atoms with E-state index >= 15 is 0 Å². The van der Waals surface area contributed by atoms with E-state index in [1.165, 1.54) is 24.5 Å². The van der Waals surface area contributed by atoms with Crippen LogP contribution in [-0.2, 0) is 0 Å². The summed E-state index contributed by atoms with van der Waals surface area (Å²) in [5.41, 5.74) is 0.148. The maximum atomic E-state index is 14.2. The molecule has 0 bridgehead atoms. The first-order valence-corrected chi connectivity index (χ1v) is 9.19. The second kappa shape index (κ2) is 6.75. The van der Waals surface area contributed by atoms with Gasteiger partial charge in [-0.05, 0) is 59.5 Å².